The van der Waals surface area contributed by atoms with Gasteiger partial charge < -0.3 is 5.11 Å². The number of aromatic nitrogens is 3. The van der Waals surface area contributed by atoms with Crippen molar-refractivity contribution in [2.75, 3.05) is 0 Å². The summed E-state index contributed by atoms with van der Waals surface area (Å²) in [7, 11) is 0. The van der Waals surface area contributed by atoms with Gasteiger partial charge in [0.05, 0.1) is 33.5 Å². The highest BCUT2D eigenvalue weighted by Crippen LogP contribution is 2.47. The molecule has 0 aliphatic rings. The number of imidazole rings is 1. The second-order valence-electron chi connectivity index (χ2n) is 22.0. The predicted molar refractivity (Wildman–Crippen MR) is 302 cm³/mol. The van der Waals surface area contributed by atoms with Crippen molar-refractivity contribution in [1.29, 1.82) is 0 Å². The van der Waals surface area contributed by atoms with Crippen LogP contribution in [-0.2, 0) is 21.7 Å². The summed E-state index contributed by atoms with van der Waals surface area (Å²) in [5.74, 6) is -0.459. The van der Waals surface area contributed by atoms with Crippen LogP contribution >= 0.6 is 0 Å². The first-order valence-electron chi connectivity index (χ1n) is 31.1. The topological polar surface area (TPSA) is 50.9 Å². The summed E-state index contributed by atoms with van der Waals surface area (Å²) in [6, 6.07) is 39.7. The van der Waals surface area contributed by atoms with Gasteiger partial charge in [-0.3, -0.25) is 9.55 Å². The molecule has 0 aliphatic heterocycles. The Bertz CT molecular complexity index is 3990. The van der Waals surface area contributed by atoms with Gasteiger partial charge in [-0.2, -0.15) is 0 Å². The fourth-order valence-corrected chi connectivity index (χ4v) is 9.21. The van der Waals surface area contributed by atoms with E-state index in [1.807, 2.05) is 98.8 Å². The lowest BCUT2D eigenvalue weighted by Gasteiger charge is -2.28. The van der Waals surface area contributed by atoms with Crippen LogP contribution < -0.4 is 0 Å². The number of pyridine rings is 1. The van der Waals surface area contributed by atoms with Crippen LogP contribution in [0.3, 0.4) is 0 Å². The van der Waals surface area contributed by atoms with E-state index >= 15 is 0 Å². The molecule has 4 heteroatoms. The van der Waals surface area contributed by atoms with Crippen molar-refractivity contribution in [3.8, 4) is 78.6 Å². The molecule has 4 nitrogen and oxygen atoms in total. The molecule has 9 rings (SSSR count). The van der Waals surface area contributed by atoms with Gasteiger partial charge in [0.15, 0.2) is 0 Å². The molecule has 0 spiro atoms. The van der Waals surface area contributed by atoms with Crippen molar-refractivity contribution in [3.63, 3.8) is 0 Å². The summed E-state index contributed by atoms with van der Waals surface area (Å²) < 4.78 is 123. The number of nitrogens with zero attached hydrogens (tertiary/aromatic N) is 3. The van der Waals surface area contributed by atoms with E-state index in [-0.39, 0.29) is 22.3 Å². The van der Waals surface area contributed by atoms with E-state index in [2.05, 4.69) is 103 Å². The lowest BCUT2D eigenvalue weighted by molar-refractivity contribution is 0.446. The monoisotopic (exact) mass is 948 g/mol. The largest absolute Gasteiger partial charge is 0.507 e. The Hall–Kier alpha value is -7.04. The molecule has 0 atom stereocenters. The number of phenolic OH excluding ortho intramolecular Hbond substituents is 1. The summed E-state index contributed by atoms with van der Waals surface area (Å²) in [5.41, 5.74) is 5.52. The molecule has 360 valence electrons. The van der Waals surface area contributed by atoms with Crippen molar-refractivity contribution >= 4 is 11.0 Å². The number of hydrogen-bond donors (Lipinski definition) is 1. The van der Waals surface area contributed by atoms with Crippen LogP contribution in [0.25, 0.3) is 83.9 Å². The highest BCUT2D eigenvalue weighted by atomic mass is 16.3. The number of aromatic hydroxyl groups is 1. The number of fused-ring (bicyclic) bond motifs is 1. The molecule has 71 heavy (non-hydrogen) atoms. The van der Waals surface area contributed by atoms with Crippen molar-refractivity contribution in [3.05, 3.63) is 192 Å². The van der Waals surface area contributed by atoms with E-state index < -0.39 is 72.4 Å². The van der Waals surface area contributed by atoms with Crippen molar-refractivity contribution in [2.24, 2.45) is 0 Å². The molecule has 1 N–H and O–H groups in total. The van der Waals surface area contributed by atoms with Gasteiger partial charge in [0.25, 0.3) is 0 Å². The zero-order chi connectivity index (χ0) is 62.7. The minimum atomic E-state index is -3.82. The minimum absolute atomic E-state index is 0.0950. The maximum atomic E-state index is 12.8. The molecule has 0 aliphatic carbocycles. The predicted octanol–water partition coefficient (Wildman–Crippen LogP) is 18.4. The standard InChI is InChI=1S/C67H71N3O/c1-42(2)53-40-55(45-24-19-16-20-25-45)60(41-54(53)44-22-17-15-18-23-44)70-59-27-21-26-52(61(59)69-63(70)56-38-51(66(9,10)11)39-57(62(56)71)67(12,13)14)47-34-48(36-50(35-47)65(6,7)8)58-37-46(32-33-68-58)43-28-30-49(31-29-43)64(3,4)5/h15-42,71H,1-14H3/i3D3,4D3,5D3,28D,29D,30D,31D,42D. The number of para-hydroxylation sites is 1. The lowest BCUT2D eigenvalue weighted by Crippen LogP contribution is -2.17. The second kappa shape index (κ2) is 18.3. The molecule has 0 amide bonds. The molecule has 0 fully saturated rings. The second-order valence-corrected chi connectivity index (χ2v) is 22.0. The Labute approximate surface area is 443 Å². The summed E-state index contributed by atoms with van der Waals surface area (Å²) >= 11 is 0. The molecule has 0 unspecified atom stereocenters. The van der Waals surface area contributed by atoms with Crippen LogP contribution in [0.5, 0.6) is 5.75 Å². The third-order valence-corrected chi connectivity index (χ3v) is 13.2. The first-order valence-corrected chi connectivity index (χ1v) is 24.1. The average Bonchev–Trinajstić information content (AvgIpc) is 0.964. The van der Waals surface area contributed by atoms with Crippen molar-refractivity contribution < 1.29 is 24.3 Å². The number of rotatable bonds is 8. The fourth-order valence-electron chi connectivity index (χ4n) is 9.21. The zero-order valence-electron chi connectivity index (χ0n) is 56.6. The van der Waals surface area contributed by atoms with E-state index in [4.69, 9.17) is 25.0 Å². The lowest BCUT2D eigenvalue weighted by atomic mass is 9.79. The van der Waals surface area contributed by atoms with Gasteiger partial charge in [-0.1, -0.05) is 206 Å². The zero-order valence-corrected chi connectivity index (χ0v) is 42.6. The van der Waals surface area contributed by atoms with E-state index in [0.29, 0.717) is 33.7 Å². The molecule has 0 saturated carbocycles. The Morgan fingerprint density at radius 1 is 0.521 bits per heavy atom. The van der Waals surface area contributed by atoms with Crippen LogP contribution in [0.1, 0.15) is 150 Å². The molecular weight excluding hydrogens is 863 g/mol. The highest BCUT2D eigenvalue weighted by molar-refractivity contribution is 5.98. The summed E-state index contributed by atoms with van der Waals surface area (Å²) in [6.07, 6.45) is 1.44. The molecule has 7 aromatic carbocycles. The molecule has 0 radical (unpaired) electrons. The van der Waals surface area contributed by atoms with Crippen LogP contribution in [0.2, 0.25) is 0 Å². The molecule has 9 aromatic rings. The average molecular weight is 948 g/mol. The highest BCUT2D eigenvalue weighted by Gasteiger charge is 2.30. The fraction of sp³-hybridized carbons (Fsp3) is 0.284. The third kappa shape index (κ3) is 9.74. The van der Waals surface area contributed by atoms with Gasteiger partial charge in [-0.05, 0) is 132 Å². The van der Waals surface area contributed by atoms with Gasteiger partial charge >= 0.3 is 0 Å². The summed E-state index contributed by atoms with van der Waals surface area (Å²) in [5, 5.41) is 12.8. The first kappa shape index (κ1) is 34.3. The minimum Gasteiger partial charge on any atom is -0.507 e. The summed E-state index contributed by atoms with van der Waals surface area (Å²) in [6.45, 7) is 11.2. The van der Waals surface area contributed by atoms with Gasteiger partial charge in [-0.15, -0.1) is 0 Å². The van der Waals surface area contributed by atoms with Crippen LogP contribution in [0.15, 0.2) is 164 Å². The normalized spacial score (nSPS) is 16.1. The van der Waals surface area contributed by atoms with E-state index in [0.717, 1.165) is 61.3 Å². The van der Waals surface area contributed by atoms with Crippen molar-refractivity contribution in [2.45, 2.75) is 124 Å². The van der Waals surface area contributed by atoms with Crippen LogP contribution in [0.4, 0.5) is 0 Å². The quantitative estimate of drug-likeness (QED) is 0.165. The number of phenols is 1. The number of hydrogen-bond acceptors (Lipinski definition) is 3. The Balaban J connectivity index is 1.36. The SMILES string of the molecule is [2H]c1c([2H])c(C(C([2H])([2H])[2H])(C([2H])([2H])[2H])C([2H])([2H])[2H])c([2H])c([2H])c1-c1ccnc(-c2cc(-c3cccc4c3nc(-c3cc(C(C)(C)C)cc(C(C)(C)C)c3O)n4-c3cc(-c4ccccc4)c(C([2H])(C)C)cc3-c3ccccc3)cc(C(C)(C)C)c2)c1. The molecule has 2 aromatic heterocycles. The first-order chi connectivity index (χ1) is 39.2. The third-order valence-electron chi connectivity index (χ3n) is 13.2. The summed E-state index contributed by atoms with van der Waals surface area (Å²) in [4.78, 5) is 10.4. The Morgan fingerprint density at radius 3 is 1.75 bits per heavy atom. The molecular formula is C67H71N3O. The smallest absolute Gasteiger partial charge is 0.149 e. The molecule has 0 saturated heterocycles. The van der Waals surface area contributed by atoms with E-state index in [1.54, 1.807) is 6.07 Å². The van der Waals surface area contributed by atoms with Gasteiger partial charge in [0, 0.05) is 42.2 Å². The van der Waals surface area contributed by atoms with Gasteiger partial charge in [0.2, 0.25) is 0 Å². The van der Waals surface area contributed by atoms with Crippen LogP contribution in [-0.4, -0.2) is 19.6 Å². The number of benzene rings is 7. The Morgan fingerprint density at radius 2 is 1.14 bits per heavy atom. The van der Waals surface area contributed by atoms with E-state index in [9.17, 15) is 9.22 Å². The maximum absolute atomic E-state index is 12.8. The molecule has 2 heterocycles. The molecule has 0 bridgehead atoms. The Kier molecular flexibility index (Phi) is 8.84. The maximum Gasteiger partial charge on any atom is 0.149 e. The van der Waals surface area contributed by atoms with E-state index in [1.165, 1.54) is 12.3 Å². The van der Waals surface area contributed by atoms with Gasteiger partial charge in [0.1, 0.15) is 11.6 Å². The van der Waals surface area contributed by atoms with Gasteiger partial charge in [-0.25, -0.2) is 4.98 Å². The van der Waals surface area contributed by atoms with Crippen LogP contribution in [0, 0.1) is 0 Å². The van der Waals surface area contributed by atoms with Crippen molar-refractivity contribution in [1.82, 2.24) is 14.5 Å².